The Morgan fingerprint density at radius 2 is 2.04 bits per heavy atom. The smallest absolute Gasteiger partial charge is 0.241 e. The third-order valence-corrected chi connectivity index (χ3v) is 4.06. The van der Waals surface area contributed by atoms with Crippen molar-refractivity contribution in [1.29, 1.82) is 0 Å². The third-order valence-electron chi connectivity index (χ3n) is 4.06. The Morgan fingerprint density at radius 1 is 1.35 bits per heavy atom. The number of aliphatic hydroxyl groups excluding tert-OH is 1. The van der Waals surface area contributed by atoms with Gasteiger partial charge in [0.15, 0.2) is 17.5 Å². The second-order valence-corrected chi connectivity index (χ2v) is 5.79. The van der Waals surface area contributed by atoms with E-state index in [1.165, 1.54) is 0 Å². The third kappa shape index (κ3) is 3.37. The molecule has 0 spiro atoms. The van der Waals surface area contributed by atoms with Crippen LogP contribution in [0.1, 0.15) is 19.2 Å². The van der Waals surface area contributed by atoms with Crippen LogP contribution in [0.15, 0.2) is 16.7 Å². The quantitative estimate of drug-likeness (QED) is 0.874. The van der Waals surface area contributed by atoms with Crippen LogP contribution in [0.25, 0.3) is 11.4 Å². The number of hydrogen-bond acceptors (Lipinski definition) is 5. The second kappa shape index (κ2) is 6.29. The summed E-state index contributed by atoms with van der Waals surface area (Å²) in [5, 5.41) is 13.3. The van der Waals surface area contributed by atoms with E-state index in [9.17, 15) is 18.3 Å². The molecule has 2 heterocycles. The second-order valence-electron chi connectivity index (χ2n) is 5.79. The highest BCUT2D eigenvalue weighted by molar-refractivity contribution is 5.54. The number of rotatable bonds is 4. The van der Waals surface area contributed by atoms with Crippen LogP contribution in [-0.4, -0.2) is 39.3 Å². The molecule has 1 aliphatic rings. The maximum absolute atomic E-state index is 13.2. The number of aliphatic hydroxyl groups is 1. The molecule has 8 heteroatoms. The van der Waals surface area contributed by atoms with Crippen molar-refractivity contribution in [2.24, 2.45) is 5.92 Å². The van der Waals surface area contributed by atoms with Crippen molar-refractivity contribution in [3.8, 4) is 11.4 Å². The topological polar surface area (TPSA) is 62.4 Å². The maximum Gasteiger partial charge on any atom is 0.241 e. The van der Waals surface area contributed by atoms with Gasteiger partial charge in [0.2, 0.25) is 11.7 Å². The zero-order chi connectivity index (χ0) is 16.6. The number of hydrogen-bond donors (Lipinski definition) is 1. The van der Waals surface area contributed by atoms with Crippen LogP contribution >= 0.6 is 0 Å². The molecule has 0 saturated carbocycles. The molecule has 2 unspecified atom stereocenters. The van der Waals surface area contributed by atoms with Gasteiger partial charge in [-0.25, -0.2) is 13.2 Å². The number of aromatic nitrogens is 2. The number of nitrogens with zero attached hydrogens (tertiary/aromatic N) is 3. The largest absolute Gasteiger partial charge is 0.393 e. The van der Waals surface area contributed by atoms with Crippen LogP contribution in [0.2, 0.25) is 0 Å². The molecule has 1 fully saturated rings. The molecule has 23 heavy (non-hydrogen) atoms. The molecule has 1 N–H and O–H groups in total. The van der Waals surface area contributed by atoms with Gasteiger partial charge in [-0.15, -0.1) is 0 Å². The average molecular weight is 327 g/mol. The Kier molecular flexibility index (Phi) is 4.36. The van der Waals surface area contributed by atoms with Gasteiger partial charge < -0.3 is 9.63 Å². The van der Waals surface area contributed by atoms with Crippen LogP contribution < -0.4 is 0 Å². The molecule has 0 bridgehead atoms. The average Bonchev–Trinajstić information content (AvgIpc) is 3.14. The van der Waals surface area contributed by atoms with Gasteiger partial charge in [0.25, 0.3) is 0 Å². The zero-order valence-corrected chi connectivity index (χ0v) is 12.5. The molecular weight excluding hydrogens is 311 g/mol. The highest BCUT2D eigenvalue weighted by atomic mass is 19.2. The van der Waals surface area contributed by atoms with Gasteiger partial charge in [-0.3, -0.25) is 4.90 Å². The lowest BCUT2D eigenvalue weighted by Gasteiger charge is -2.15. The standard InChI is InChI=1S/C15H16F3N3O2/c1-8(22)9-2-3-21(6-9)7-13-19-15(20-23-13)10-4-11(16)14(18)12(17)5-10/h4-5,8-9,22H,2-3,6-7H2,1H3. The predicted octanol–water partition coefficient (Wildman–Crippen LogP) is 2.36. The summed E-state index contributed by atoms with van der Waals surface area (Å²) in [5.74, 6) is -3.62. The van der Waals surface area contributed by atoms with Crippen LogP contribution in [0.4, 0.5) is 13.2 Å². The molecule has 0 radical (unpaired) electrons. The lowest BCUT2D eigenvalue weighted by atomic mass is 10.0. The van der Waals surface area contributed by atoms with Crippen molar-refractivity contribution < 1.29 is 22.8 Å². The first-order chi connectivity index (χ1) is 10.9. The molecule has 0 amide bonds. The summed E-state index contributed by atoms with van der Waals surface area (Å²) in [6, 6.07) is 1.65. The van der Waals surface area contributed by atoms with E-state index in [-0.39, 0.29) is 23.4 Å². The van der Waals surface area contributed by atoms with Gasteiger partial charge in [-0.2, -0.15) is 4.98 Å². The molecule has 1 saturated heterocycles. The van der Waals surface area contributed by atoms with Crippen LogP contribution in [-0.2, 0) is 6.54 Å². The van der Waals surface area contributed by atoms with E-state index in [0.29, 0.717) is 12.4 Å². The summed E-state index contributed by atoms with van der Waals surface area (Å²) in [4.78, 5) is 6.14. The van der Waals surface area contributed by atoms with Crippen LogP contribution in [0.3, 0.4) is 0 Å². The maximum atomic E-state index is 13.2. The van der Waals surface area contributed by atoms with E-state index in [0.717, 1.165) is 31.6 Å². The minimum atomic E-state index is -1.53. The molecule has 5 nitrogen and oxygen atoms in total. The van der Waals surface area contributed by atoms with Gasteiger partial charge in [-0.1, -0.05) is 5.16 Å². The summed E-state index contributed by atoms with van der Waals surface area (Å²) in [6.07, 6.45) is 0.510. The lowest BCUT2D eigenvalue weighted by Crippen LogP contribution is -2.24. The normalized spacial score (nSPS) is 20.1. The van der Waals surface area contributed by atoms with Crippen molar-refractivity contribution in [3.05, 3.63) is 35.5 Å². The first kappa shape index (κ1) is 15.9. The Morgan fingerprint density at radius 3 is 2.65 bits per heavy atom. The number of benzene rings is 1. The summed E-state index contributed by atoms with van der Waals surface area (Å²) >= 11 is 0. The van der Waals surface area contributed by atoms with Gasteiger partial charge in [-0.05, 0) is 37.9 Å². The molecule has 124 valence electrons. The fourth-order valence-electron chi connectivity index (χ4n) is 2.71. The van der Waals surface area contributed by atoms with E-state index in [1.807, 2.05) is 0 Å². The van der Waals surface area contributed by atoms with Gasteiger partial charge in [0.05, 0.1) is 12.6 Å². The molecule has 1 aromatic heterocycles. The Balaban J connectivity index is 1.72. The SMILES string of the molecule is CC(O)C1CCN(Cc2nc(-c3cc(F)c(F)c(F)c3)no2)C1. The van der Waals surface area contributed by atoms with Gasteiger partial charge >= 0.3 is 0 Å². The number of halogens is 3. The summed E-state index contributed by atoms with van der Waals surface area (Å²) in [7, 11) is 0. The molecule has 1 aromatic carbocycles. The highest BCUT2D eigenvalue weighted by Gasteiger charge is 2.27. The lowest BCUT2D eigenvalue weighted by molar-refractivity contribution is 0.125. The van der Waals surface area contributed by atoms with Gasteiger partial charge in [0.1, 0.15) is 0 Å². The molecule has 3 rings (SSSR count). The van der Waals surface area contributed by atoms with Crippen LogP contribution in [0.5, 0.6) is 0 Å². The summed E-state index contributed by atoms with van der Waals surface area (Å²) in [6.45, 7) is 3.67. The Bertz CT molecular complexity index is 682. The van der Waals surface area contributed by atoms with Crippen molar-refractivity contribution in [2.45, 2.75) is 26.0 Å². The summed E-state index contributed by atoms with van der Waals surface area (Å²) < 4.78 is 44.5. The highest BCUT2D eigenvalue weighted by Crippen LogP contribution is 2.24. The predicted molar refractivity (Wildman–Crippen MR) is 74.7 cm³/mol. The van der Waals surface area contributed by atoms with Gasteiger partial charge in [0, 0.05) is 12.1 Å². The molecule has 0 aliphatic carbocycles. The van der Waals surface area contributed by atoms with Crippen molar-refractivity contribution in [2.75, 3.05) is 13.1 Å². The van der Waals surface area contributed by atoms with E-state index >= 15 is 0 Å². The molecular formula is C15H16F3N3O2. The fourth-order valence-corrected chi connectivity index (χ4v) is 2.71. The van der Waals surface area contributed by atoms with Crippen molar-refractivity contribution in [1.82, 2.24) is 15.0 Å². The monoisotopic (exact) mass is 327 g/mol. The Hall–Kier alpha value is -1.93. The van der Waals surface area contributed by atoms with E-state index in [4.69, 9.17) is 4.52 Å². The van der Waals surface area contributed by atoms with Crippen molar-refractivity contribution in [3.63, 3.8) is 0 Å². The zero-order valence-electron chi connectivity index (χ0n) is 12.5. The fraction of sp³-hybridized carbons (Fsp3) is 0.467. The first-order valence-electron chi connectivity index (χ1n) is 7.32. The summed E-state index contributed by atoms with van der Waals surface area (Å²) in [5.41, 5.74) is 0.0136. The number of likely N-dealkylation sites (tertiary alicyclic amines) is 1. The minimum absolute atomic E-state index is 0.00377. The molecule has 1 aliphatic heterocycles. The van der Waals surface area contributed by atoms with Crippen molar-refractivity contribution >= 4 is 0 Å². The van der Waals surface area contributed by atoms with E-state index in [2.05, 4.69) is 15.0 Å². The first-order valence-corrected chi connectivity index (χ1v) is 7.32. The molecule has 2 atom stereocenters. The van der Waals surface area contributed by atoms with E-state index < -0.39 is 17.5 Å². The minimum Gasteiger partial charge on any atom is -0.393 e. The molecule has 2 aromatic rings. The van der Waals surface area contributed by atoms with E-state index in [1.54, 1.807) is 6.92 Å². The Labute approximate surface area is 130 Å². The van der Waals surface area contributed by atoms with Crippen LogP contribution in [0, 0.1) is 23.4 Å².